The van der Waals surface area contributed by atoms with Gasteiger partial charge in [0.25, 0.3) is 0 Å². The minimum atomic E-state index is 0.103. The normalized spacial score (nSPS) is 25.3. The summed E-state index contributed by atoms with van der Waals surface area (Å²) in [6, 6.07) is 6.12. The maximum atomic E-state index is 7.83. The Balaban J connectivity index is 1.98. The van der Waals surface area contributed by atoms with E-state index in [0.29, 0.717) is 12.1 Å². The minimum absolute atomic E-state index is 0.103. The molecule has 2 unspecified atom stereocenters. The number of methoxy groups -OCH3 is 1. The van der Waals surface area contributed by atoms with Gasteiger partial charge in [0.2, 0.25) is 0 Å². The number of fused-ring (bicyclic) bond motifs is 1. The highest BCUT2D eigenvalue weighted by atomic mass is 16.5. The zero-order valence-electron chi connectivity index (χ0n) is 12.5. The molecule has 2 atom stereocenters. The zero-order valence-corrected chi connectivity index (χ0v) is 12.5. The molecule has 1 aliphatic carbocycles. The molecule has 114 valence electrons. The fraction of sp³-hybridized carbons (Fsp3) is 0.562. The van der Waals surface area contributed by atoms with Gasteiger partial charge in [0.1, 0.15) is 11.6 Å². The van der Waals surface area contributed by atoms with Crippen LogP contribution < -0.4 is 15.4 Å². The largest absolute Gasteiger partial charge is 0.497 e. The number of morpholine rings is 1. The number of hydrogen-bond donors (Lipinski definition) is 2. The first-order valence-corrected chi connectivity index (χ1v) is 7.61. The van der Waals surface area contributed by atoms with Gasteiger partial charge in [-0.05, 0) is 25.0 Å². The molecule has 1 saturated heterocycles. The topological polar surface area (TPSA) is 71.6 Å². The number of ether oxygens (including phenoxy) is 2. The average molecular weight is 289 g/mol. The Morgan fingerprint density at radius 2 is 2.19 bits per heavy atom. The van der Waals surface area contributed by atoms with E-state index in [9.17, 15) is 0 Å². The number of nitrogen functional groups attached to an aromatic ring is 1. The van der Waals surface area contributed by atoms with Gasteiger partial charge in [0.05, 0.1) is 31.5 Å². The molecular formula is C16H23N3O2. The van der Waals surface area contributed by atoms with Crippen LogP contribution in [0.2, 0.25) is 0 Å². The van der Waals surface area contributed by atoms with E-state index in [-0.39, 0.29) is 5.84 Å². The van der Waals surface area contributed by atoms with Crippen molar-refractivity contribution in [3.63, 3.8) is 0 Å². The van der Waals surface area contributed by atoms with Crippen LogP contribution in [-0.2, 0) is 4.74 Å². The van der Waals surface area contributed by atoms with Crippen molar-refractivity contribution in [2.75, 3.05) is 25.2 Å². The third-order valence-corrected chi connectivity index (χ3v) is 4.54. The van der Waals surface area contributed by atoms with Crippen molar-refractivity contribution in [3.05, 3.63) is 23.8 Å². The van der Waals surface area contributed by atoms with Crippen molar-refractivity contribution in [1.29, 1.82) is 5.41 Å². The fourth-order valence-corrected chi connectivity index (χ4v) is 3.50. The van der Waals surface area contributed by atoms with Crippen LogP contribution in [0.25, 0.3) is 0 Å². The van der Waals surface area contributed by atoms with Crippen LogP contribution in [0.1, 0.15) is 31.2 Å². The van der Waals surface area contributed by atoms with Gasteiger partial charge in [-0.3, -0.25) is 5.41 Å². The van der Waals surface area contributed by atoms with Crippen LogP contribution in [0.4, 0.5) is 5.69 Å². The molecule has 2 aliphatic rings. The lowest BCUT2D eigenvalue weighted by Gasteiger charge is -2.45. The van der Waals surface area contributed by atoms with Gasteiger partial charge in [0, 0.05) is 18.2 Å². The van der Waals surface area contributed by atoms with Crippen molar-refractivity contribution in [3.8, 4) is 5.75 Å². The number of benzene rings is 1. The highest BCUT2D eigenvalue weighted by Gasteiger charge is 2.35. The molecular weight excluding hydrogens is 266 g/mol. The number of amidine groups is 1. The number of hydrogen-bond acceptors (Lipinski definition) is 4. The smallest absolute Gasteiger partial charge is 0.124 e. The summed E-state index contributed by atoms with van der Waals surface area (Å²) in [4.78, 5) is 2.37. The Hall–Kier alpha value is -1.75. The van der Waals surface area contributed by atoms with E-state index in [2.05, 4.69) is 4.90 Å². The predicted octanol–water partition coefficient (Wildman–Crippen LogP) is 2.13. The lowest BCUT2D eigenvalue weighted by Crippen LogP contribution is -2.53. The van der Waals surface area contributed by atoms with E-state index in [1.165, 1.54) is 12.8 Å². The van der Waals surface area contributed by atoms with Gasteiger partial charge in [-0.1, -0.05) is 12.8 Å². The Labute approximate surface area is 125 Å². The van der Waals surface area contributed by atoms with Crippen LogP contribution in [-0.4, -0.2) is 38.2 Å². The second kappa shape index (κ2) is 5.93. The maximum absolute atomic E-state index is 7.83. The Morgan fingerprint density at radius 3 is 2.95 bits per heavy atom. The highest BCUT2D eigenvalue weighted by molar-refractivity contribution is 6.00. The van der Waals surface area contributed by atoms with Gasteiger partial charge in [-0.25, -0.2) is 0 Å². The fourth-order valence-electron chi connectivity index (χ4n) is 3.50. The summed E-state index contributed by atoms with van der Waals surface area (Å²) in [5.41, 5.74) is 7.55. The van der Waals surface area contributed by atoms with Gasteiger partial charge in [-0.15, -0.1) is 0 Å². The molecule has 0 amide bonds. The van der Waals surface area contributed by atoms with E-state index in [1.54, 1.807) is 7.11 Å². The van der Waals surface area contributed by atoms with Crippen LogP contribution in [0.3, 0.4) is 0 Å². The molecule has 0 spiro atoms. The molecule has 1 saturated carbocycles. The lowest BCUT2D eigenvalue weighted by atomic mass is 9.89. The Morgan fingerprint density at radius 1 is 1.38 bits per heavy atom. The van der Waals surface area contributed by atoms with E-state index in [4.69, 9.17) is 20.6 Å². The first-order valence-electron chi connectivity index (χ1n) is 7.61. The molecule has 0 radical (unpaired) electrons. The molecule has 2 fully saturated rings. The SMILES string of the molecule is COc1ccc(C(=N)N)c(N2CCOC3CCCCC32)c1. The first kappa shape index (κ1) is 14.2. The molecule has 1 aliphatic heterocycles. The molecule has 5 heteroatoms. The molecule has 1 heterocycles. The summed E-state index contributed by atoms with van der Waals surface area (Å²) < 4.78 is 11.3. The van der Waals surface area contributed by atoms with E-state index >= 15 is 0 Å². The third kappa shape index (κ3) is 2.70. The standard InChI is InChI=1S/C16H23N3O2/c1-20-11-6-7-12(16(17)18)14(10-11)19-8-9-21-15-5-3-2-4-13(15)19/h6-7,10,13,15H,2-5,8-9H2,1H3,(H3,17,18). The maximum Gasteiger partial charge on any atom is 0.124 e. The highest BCUT2D eigenvalue weighted by Crippen LogP contribution is 2.35. The first-order chi connectivity index (χ1) is 10.2. The summed E-state index contributed by atoms with van der Waals surface area (Å²) in [6.45, 7) is 1.57. The molecule has 1 aromatic carbocycles. The lowest BCUT2D eigenvalue weighted by molar-refractivity contribution is -0.00870. The quantitative estimate of drug-likeness (QED) is 0.660. The summed E-state index contributed by atoms with van der Waals surface area (Å²) in [7, 11) is 1.66. The zero-order chi connectivity index (χ0) is 14.8. The molecule has 1 aromatic rings. The van der Waals surface area contributed by atoms with Gasteiger partial charge < -0.3 is 20.1 Å². The van der Waals surface area contributed by atoms with Crippen molar-refractivity contribution >= 4 is 11.5 Å². The summed E-state index contributed by atoms with van der Waals surface area (Å²) in [6.07, 6.45) is 5.05. The van der Waals surface area contributed by atoms with Crippen molar-refractivity contribution in [2.24, 2.45) is 5.73 Å². The number of anilines is 1. The summed E-state index contributed by atoms with van der Waals surface area (Å²) in [5, 5.41) is 7.83. The number of nitrogens with one attached hydrogen (secondary N) is 1. The van der Waals surface area contributed by atoms with Crippen molar-refractivity contribution in [1.82, 2.24) is 0 Å². The van der Waals surface area contributed by atoms with Gasteiger partial charge in [-0.2, -0.15) is 0 Å². The van der Waals surface area contributed by atoms with Gasteiger partial charge in [0.15, 0.2) is 0 Å². The molecule has 0 bridgehead atoms. The van der Waals surface area contributed by atoms with Crippen molar-refractivity contribution in [2.45, 2.75) is 37.8 Å². The van der Waals surface area contributed by atoms with E-state index in [0.717, 1.165) is 43.0 Å². The minimum Gasteiger partial charge on any atom is -0.497 e. The van der Waals surface area contributed by atoms with Crippen LogP contribution in [0.5, 0.6) is 5.75 Å². The van der Waals surface area contributed by atoms with Gasteiger partial charge >= 0.3 is 0 Å². The molecule has 21 heavy (non-hydrogen) atoms. The Bertz CT molecular complexity index is 530. The molecule has 5 nitrogen and oxygen atoms in total. The summed E-state index contributed by atoms with van der Waals surface area (Å²) in [5.74, 6) is 0.903. The average Bonchev–Trinajstić information content (AvgIpc) is 2.53. The Kier molecular flexibility index (Phi) is 4.01. The predicted molar refractivity (Wildman–Crippen MR) is 83.4 cm³/mol. The van der Waals surface area contributed by atoms with Crippen LogP contribution >= 0.6 is 0 Å². The molecule has 3 rings (SSSR count). The summed E-state index contributed by atoms with van der Waals surface area (Å²) >= 11 is 0. The molecule has 0 aromatic heterocycles. The number of nitrogens with two attached hydrogens (primary N) is 1. The molecule has 3 N–H and O–H groups in total. The second-order valence-electron chi connectivity index (χ2n) is 5.75. The monoisotopic (exact) mass is 289 g/mol. The van der Waals surface area contributed by atoms with Crippen molar-refractivity contribution < 1.29 is 9.47 Å². The van der Waals surface area contributed by atoms with E-state index in [1.807, 2.05) is 18.2 Å². The second-order valence-corrected chi connectivity index (χ2v) is 5.75. The van der Waals surface area contributed by atoms with Crippen LogP contribution in [0.15, 0.2) is 18.2 Å². The third-order valence-electron chi connectivity index (χ3n) is 4.54. The van der Waals surface area contributed by atoms with E-state index < -0.39 is 0 Å². The number of rotatable bonds is 3. The van der Waals surface area contributed by atoms with Crippen LogP contribution in [0, 0.1) is 5.41 Å². The number of nitrogens with zero attached hydrogens (tertiary/aromatic N) is 1.